The monoisotopic (exact) mass is 314 g/mol. The van der Waals surface area contributed by atoms with E-state index in [1.807, 2.05) is 0 Å². The van der Waals surface area contributed by atoms with Gasteiger partial charge in [0.1, 0.15) is 0 Å². The van der Waals surface area contributed by atoms with Crippen molar-refractivity contribution in [1.29, 1.82) is 0 Å². The maximum atomic E-state index is 12.2. The third-order valence-electron chi connectivity index (χ3n) is 2.49. The molecule has 0 fully saturated rings. The van der Waals surface area contributed by atoms with Gasteiger partial charge in [0.15, 0.2) is 0 Å². The number of carbonyl (C=O) groups excluding carboxylic acids is 1. The van der Waals surface area contributed by atoms with E-state index < -0.39 is 21.5 Å². The van der Waals surface area contributed by atoms with E-state index in [2.05, 4.69) is 10.0 Å². The predicted octanol–water partition coefficient (Wildman–Crippen LogP) is 1.18. The molecule has 0 saturated carbocycles. The van der Waals surface area contributed by atoms with E-state index >= 15 is 0 Å². The molecule has 1 aromatic rings. The molecule has 0 heterocycles. The van der Waals surface area contributed by atoms with E-state index in [-0.39, 0.29) is 17.2 Å². The number of amides is 1. The minimum absolute atomic E-state index is 0.00457. The van der Waals surface area contributed by atoms with Gasteiger partial charge in [-0.3, -0.25) is 9.59 Å². The molecule has 0 aliphatic rings. The van der Waals surface area contributed by atoms with E-state index in [1.165, 1.54) is 45.0 Å². The molecule has 0 radical (unpaired) electrons. The first-order valence-electron chi connectivity index (χ1n) is 6.15. The van der Waals surface area contributed by atoms with Gasteiger partial charge in [-0.1, -0.05) is 0 Å². The van der Waals surface area contributed by atoms with Gasteiger partial charge in [-0.25, -0.2) is 13.1 Å². The van der Waals surface area contributed by atoms with Crippen molar-refractivity contribution in [2.24, 2.45) is 0 Å². The highest BCUT2D eigenvalue weighted by Crippen LogP contribution is 2.18. The van der Waals surface area contributed by atoms with Crippen LogP contribution >= 0.6 is 0 Å². The van der Waals surface area contributed by atoms with Crippen molar-refractivity contribution in [3.8, 4) is 0 Å². The molecule has 116 valence electrons. The topological polar surface area (TPSA) is 113 Å². The molecule has 0 saturated heterocycles. The number of sulfonamides is 1. The minimum Gasteiger partial charge on any atom is -0.481 e. The summed E-state index contributed by atoms with van der Waals surface area (Å²) >= 11 is 0. The lowest BCUT2D eigenvalue weighted by Gasteiger charge is -2.24. The van der Waals surface area contributed by atoms with E-state index in [0.717, 1.165) is 0 Å². The minimum atomic E-state index is -3.83. The van der Waals surface area contributed by atoms with Crippen molar-refractivity contribution >= 4 is 27.6 Å². The maximum absolute atomic E-state index is 12.2. The first-order chi connectivity index (χ1) is 9.52. The zero-order chi connectivity index (χ0) is 16.3. The molecule has 21 heavy (non-hydrogen) atoms. The number of nitrogens with one attached hydrogen (secondary N) is 2. The molecule has 1 amide bonds. The molecule has 1 rings (SSSR count). The van der Waals surface area contributed by atoms with Gasteiger partial charge in [-0.05, 0) is 38.1 Å². The van der Waals surface area contributed by atoms with Gasteiger partial charge in [0.05, 0.1) is 11.3 Å². The fourth-order valence-corrected chi connectivity index (χ4v) is 3.17. The second-order valence-corrected chi connectivity index (χ2v) is 6.95. The van der Waals surface area contributed by atoms with Crippen LogP contribution in [0.3, 0.4) is 0 Å². The number of carbonyl (C=O) groups is 2. The summed E-state index contributed by atoms with van der Waals surface area (Å²) in [5, 5.41) is 11.3. The SMILES string of the molecule is CC(=O)Nc1ccc(S(=O)(=O)NC(C)(C)CC(=O)O)cc1. The zero-order valence-corrected chi connectivity index (χ0v) is 12.8. The number of anilines is 1. The Bertz CT molecular complexity index is 635. The summed E-state index contributed by atoms with van der Waals surface area (Å²) in [6.07, 6.45) is -0.337. The van der Waals surface area contributed by atoms with Gasteiger partial charge in [0, 0.05) is 18.2 Å². The van der Waals surface area contributed by atoms with Gasteiger partial charge in [0.25, 0.3) is 0 Å². The highest BCUT2D eigenvalue weighted by Gasteiger charge is 2.28. The Balaban J connectivity index is 2.92. The largest absolute Gasteiger partial charge is 0.481 e. The van der Waals surface area contributed by atoms with Crippen LogP contribution in [-0.4, -0.2) is 30.9 Å². The summed E-state index contributed by atoms with van der Waals surface area (Å²) in [5.74, 6) is -1.35. The molecule has 7 nitrogen and oxygen atoms in total. The molecule has 0 atom stereocenters. The molecular formula is C13H18N2O5S. The van der Waals surface area contributed by atoms with Crippen molar-refractivity contribution < 1.29 is 23.1 Å². The maximum Gasteiger partial charge on any atom is 0.305 e. The van der Waals surface area contributed by atoms with Gasteiger partial charge >= 0.3 is 5.97 Å². The summed E-state index contributed by atoms with van der Waals surface area (Å²) in [5.41, 5.74) is -0.632. The number of carboxylic acid groups (broad SMARTS) is 1. The molecule has 0 aliphatic carbocycles. The molecule has 1 aromatic carbocycles. The highest BCUT2D eigenvalue weighted by atomic mass is 32.2. The Morgan fingerprint density at radius 1 is 1.19 bits per heavy atom. The normalized spacial score (nSPS) is 12.0. The van der Waals surface area contributed by atoms with Crippen LogP contribution in [0.15, 0.2) is 29.2 Å². The Hall–Kier alpha value is -1.93. The Morgan fingerprint density at radius 2 is 1.71 bits per heavy atom. The van der Waals surface area contributed by atoms with Gasteiger partial charge in [-0.15, -0.1) is 0 Å². The van der Waals surface area contributed by atoms with E-state index in [4.69, 9.17) is 5.11 Å². The third-order valence-corrected chi connectivity index (χ3v) is 4.20. The fourth-order valence-electron chi connectivity index (χ4n) is 1.76. The second-order valence-electron chi connectivity index (χ2n) is 5.27. The molecule has 0 unspecified atom stereocenters. The average molecular weight is 314 g/mol. The summed E-state index contributed by atoms with van der Waals surface area (Å²) < 4.78 is 26.7. The average Bonchev–Trinajstić information content (AvgIpc) is 2.24. The van der Waals surface area contributed by atoms with Crippen LogP contribution in [0.5, 0.6) is 0 Å². The summed E-state index contributed by atoms with van der Waals surface area (Å²) in [6, 6.07) is 5.59. The lowest BCUT2D eigenvalue weighted by molar-refractivity contribution is -0.138. The van der Waals surface area contributed by atoms with Crippen LogP contribution in [0.1, 0.15) is 27.2 Å². The van der Waals surface area contributed by atoms with Gasteiger partial charge in [-0.2, -0.15) is 0 Å². The Labute approximate surface area is 123 Å². The molecule has 8 heteroatoms. The van der Waals surface area contributed by atoms with Crippen molar-refractivity contribution in [3.05, 3.63) is 24.3 Å². The lowest BCUT2D eigenvalue weighted by atomic mass is 10.0. The third kappa shape index (κ3) is 5.52. The molecule has 0 aromatic heterocycles. The van der Waals surface area contributed by atoms with E-state index in [9.17, 15) is 18.0 Å². The standard InChI is InChI=1S/C13H18N2O5S/c1-9(16)14-10-4-6-11(7-5-10)21(19,20)15-13(2,3)8-12(17)18/h4-7,15H,8H2,1-3H3,(H,14,16)(H,17,18). The first kappa shape index (κ1) is 17.1. The van der Waals surface area contributed by atoms with Gasteiger partial charge < -0.3 is 10.4 Å². The van der Waals surface area contributed by atoms with E-state index in [0.29, 0.717) is 5.69 Å². The van der Waals surface area contributed by atoms with Crippen molar-refractivity contribution in [2.45, 2.75) is 37.6 Å². The predicted molar refractivity (Wildman–Crippen MR) is 77.4 cm³/mol. The zero-order valence-electron chi connectivity index (χ0n) is 12.0. The molecule has 0 bridgehead atoms. The van der Waals surface area contributed by atoms with Crippen LogP contribution in [0.25, 0.3) is 0 Å². The number of aliphatic carboxylic acids is 1. The summed E-state index contributed by atoms with van der Waals surface area (Å²) in [7, 11) is -3.83. The number of rotatable bonds is 6. The Morgan fingerprint density at radius 3 is 2.14 bits per heavy atom. The van der Waals surface area contributed by atoms with Gasteiger partial charge in [0.2, 0.25) is 15.9 Å². The number of hydrogen-bond acceptors (Lipinski definition) is 4. The fraction of sp³-hybridized carbons (Fsp3) is 0.385. The number of hydrogen-bond donors (Lipinski definition) is 3. The van der Waals surface area contributed by atoms with Crippen LogP contribution in [0.4, 0.5) is 5.69 Å². The number of carboxylic acids is 1. The summed E-state index contributed by atoms with van der Waals surface area (Å²) in [4.78, 5) is 21.6. The van der Waals surface area contributed by atoms with Crippen molar-refractivity contribution in [1.82, 2.24) is 4.72 Å². The smallest absolute Gasteiger partial charge is 0.305 e. The van der Waals surface area contributed by atoms with Crippen molar-refractivity contribution in [3.63, 3.8) is 0 Å². The molecule has 0 spiro atoms. The Kier molecular flexibility index (Phi) is 5.08. The second kappa shape index (κ2) is 6.23. The highest BCUT2D eigenvalue weighted by molar-refractivity contribution is 7.89. The quantitative estimate of drug-likeness (QED) is 0.729. The summed E-state index contributed by atoms with van der Waals surface area (Å²) in [6.45, 7) is 4.33. The first-order valence-corrected chi connectivity index (χ1v) is 7.64. The van der Waals surface area contributed by atoms with Crippen LogP contribution in [-0.2, 0) is 19.6 Å². The van der Waals surface area contributed by atoms with Crippen LogP contribution in [0, 0.1) is 0 Å². The van der Waals surface area contributed by atoms with Crippen LogP contribution < -0.4 is 10.0 Å². The molecule has 3 N–H and O–H groups in total. The van der Waals surface area contributed by atoms with Crippen LogP contribution in [0.2, 0.25) is 0 Å². The molecular weight excluding hydrogens is 296 g/mol. The number of benzene rings is 1. The van der Waals surface area contributed by atoms with E-state index in [1.54, 1.807) is 0 Å². The lowest BCUT2D eigenvalue weighted by Crippen LogP contribution is -2.44. The van der Waals surface area contributed by atoms with Crippen molar-refractivity contribution in [2.75, 3.05) is 5.32 Å². The molecule has 0 aliphatic heterocycles.